The van der Waals surface area contributed by atoms with Crippen LogP contribution in [-0.4, -0.2) is 5.78 Å². The van der Waals surface area contributed by atoms with Crippen LogP contribution in [0.4, 0.5) is 0 Å². The lowest BCUT2D eigenvalue weighted by Gasteiger charge is -2.55. The maximum absolute atomic E-state index is 13.4. The molecule has 1 heteroatoms. The van der Waals surface area contributed by atoms with Crippen molar-refractivity contribution < 1.29 is 4.79 Å². The highest BCUT2D eigenvalue weighted by Crippen LogP contribution is 2.65. The fourth-order valence-electron chi connectivity index (χ4n) is 8.07. The molecule has 1 nitrogen and oxygen atoms in total. The molecule has 1 unspecified atom stereocenters. The number of carbonyl (C=O) groups is 1. The summed E-state index contributed by atoms with van der Waals surface area (Å²) in [6.07, 6.45) is 16.4. The average Bonchev–Trinajstić information content (AvgIpc) is 2.92. The molecule has 4 aliphatic carbocycles. The lowest BCUT2D eigenvalue weighted by molar-refractivity contribution is -0.115. The van der Waals surface area contributed by atoms with Gasteiger partial charge in [0.25, 0.3) is 0 Å². The van der Waals surface area contributed by atoms with Crippen LogP contribution >= 0.6 is 0 Å². The molecule has 6 atom stereocenters. The second-order valence-corrected chi connectivity index (χ2v) is 11.5. The maximum Gasteiger partial charge on any atom is 0.159 e. The van der Waals surface area contributed by atoms with E-state index in [-0.39, 0.29) is 5.41 Å². The molecule has 0 aliphatic heterocycles. The smallest absolute Gasteiger partial charge is 0.159 e. The molecule has 0 aromatic heterocycles. The van der Waals surface area contributed by atoms with Crippen LogP contribution < -0.4 is 0 Å². The molecule has 3 saturated carbocycles. The Morgan fingerprint density at radius 2 is 1.93 bits per heavy atom. The predicted molar refractivity (Wildman–Crippen MR) is 118 cm³/mol. The summed E-state index contributed by atoms with van der Waals surface area (Å²) >= 11 is 0. The van der Waals surface area contributed by atoms with E-state index in [9.17, 15) is 4.79 Å². The number of hydrogen-bond donors (Lipinski definition) is 0. The number of Topliss-reactive ketones (excluding diaryl/α,β-unsaturated/α-hetero) is 1. The summed E-state index contributed by atoms with van der Waals surface area (Å²) in [6.45, 7) is 11.9. The van der Waals surface area contributed by atoms with Crippen molar-refractivity contribution in [2.75, 3.05) is 0 Å². The number of rotatable bonds is 4. The standard InChI is InChI=1S/C27H42O/c1-18(2)9-8-10-19(3)23-17-24(28)25-21-13-12-20-11-6-7-15-26(20,4)22(21)14-16-27(23,25)5/h9,19-20,22-23H,6-8,10-17H2,1-5H3/t19-,20?,22+,23-,26+,27-/m1/s1. The number of carbonyl (C=O) groups excluding carboxylic acids is 1. The highest BCUT2D eigenvalue weighted by atomic mass is 16.1. The van der Waals surface area contributed by atoms with Gasteiger partial charge in [-0.15, -0.1) is 0 Å². The third-order valence-corrected chi connectivity index (χ3v) is 9.64. The minimum absolute atomic E-state index is 0.158. The van der Waals surface area contributed by atoms with Crippen LogP contribution in [-0.2, 0) is 4.79 Å². The van der Waals surface area contributed by atoms with Gasteiger partial charge >= 0.3 is 0 Å². The Labute approximate surface area is 173 Å². The van der Waals surface area contributed by atoms with Gasteiger partial charge in [-0.25, -0.2) is 0 Å². The normalized spacial score (nSPS) is 41.2. The number of ketones is 1. The lowest BCUT2D eigenvalue weighted by atomic mass is 9.49. The molecule has 0 spiro atoms. The monoisotopic (exact) mass is 382 g/mol. The lowest BCUT2D eigenvalue weighted by Crippen LogP contribution is -2.46. The minimum atomic E-state index is 0.158. The second kappa shape index (κ2) is 7.44. The Morgan fingerprint density at radius 3 is 2.68 bits per heavy atom. The molecule has 3 fully saturated rings. The Morgan fingerprint density at radius 1 is 1.14 bits per heavy atom. The van der Waals surface area contributed by atoms with Gasteiger partial charge in [-0.05, 0) is 99.7 Å². The fraction of sp³-hybridized carbons (Fsp3) is 0.815. The zero-order valence-electron chi connectivity index (χ0n) is 19.1. The van der Waals surface area contributed by atoms with Gasteiger partial charge in [0.05, 0.1) is 0 Å². The molecule has 0 saturated heterocycles. The van der Waals surface area contributed by atoms with E-state index >= 15 is 0 Å². The number of hydrogen-bond acceptors (Lipinski definition) is 1. The van der Waals surface area contributed by atoms with Gasteiger partial charge in [0.2, 0.25) is 0 Å². The molecule has 0 aromatic carbocycles. The van der Waals surface area contributed by atoms with Gasteiger partial charge < -0.3 is 0 Å². The van der Waals surface area contributed by atoms with Crippen LogP contribution in [0.2, 0.25) is 0 Å². The highest BCUT2D eigenvalue weighted by molar-refractivity contribution is 6.00. The first-order valence-corrected chi connectivity index (χ1v) is 12.2. The predicted octanol–water partition coefficient (Wildman–Crippen LogP) is 7.66. The van der Waals surface area contributed by atoms with Crippen molar-refractivity contribution in [1.82, 2.24) is 0 Å². The first-order chi connectivity index (χ1) is 13.3. The second-order valence-electron chi connectivity index (χ2n) is 11.5. The molecular formula is C27H42O. The zero-order chi connectivity index (χ0) is 20.1. The molecule has 4 aliphatic rings. The molecule has 28 heavy (non-hydrogen) atoms. The third-order valence-electron chi connectivity index (χ3n) is 9.64. The summed E-state index contributed by atoms with van der Waals surface area (Å²) < 4.78 is 0. The van der Waals surface area contributed by atoms with Crippen LogP contribution in [0.5, 0.6) is 0 Å². The van der Waals surface area contributed by atoms with Crippen molar-refractivity contribution in [2.45, 2.75) is 105 Å². The maximum atomic E-state index is 13.4. The molecule has 0 N–H and O–H groups in total. The van der Waals surface area contributed by atoms with E-state index in [2.05, 4.69) is 40.7 Å². The fourth-order valence-corrected chi connectivity index (χ4v) is 8.07. The van der Waals surface area contributed by atoms with Crippen LogP contribution in [0.3, 0.4) is 0 Å². The summed E-state index contributed by atoms with van der Waals surface area (Å²) in [4.78, 5) is 13.4. The molecular weight excluding hydrogens is 340 g/mol. The van der Waals surface area contributed by atoms with Crippen molar-refractivity contribution in [1.29, 1.82) is 0 Å². The summed E-state index contributed by atoms with van der Waals surface area (Å²) in [5.41, 5.74) is 5.03. The van der Waals surface area contributed by atoms with Crippen molar-refractivity contribution in [3.63, 3.8) is 0 Å². The van der Waals surface area contributed by atoms with E-state index in [1.807, 2.05) is 0 Å². The van der Waals surface area contributed by atoms with Gasteiger partial charge in [-0.1, -0.05) is 50.8 Å². The van der Waals surface area contributed by atoms with Crippen molar-refractivity contribution in [3.8, 4) is 0 Å². The molecule has 4 rings (SSSR count). The van der Waals surface area contributed by atoms with Crippen molar-refractivity contribution in [2.24, 2.45) is 34.5 Å². The van der Waals surface area contributed by atoms with Crippen molar-refractivity contribution >= 4 is 5.78 Å². The van der Waals surface area contributed by atoms with Crippen LogP contribution in [0.25, 0.3) is 0 Å². The number of fused-ring (bicyclic) bond motifs is 4. The van der Waals surface area contributed by atoms with Gasteiger partial charge in [0, 0.05) is 12.0 Å². The van der Waals surface area contributed by atoms with Gasteiger partial charge in [0.15, 0.2) is 5.78 Å². The van der Waals surface area contributed by atoms with E-state index in [1.54, 1.807) is 5.57 Å². The van der Waals surface area contributed by atoms with Crippen LogP contribution in [0.15, 0.2) is 22.8 Å². The van der Waals surface area contributed by atoms with Gasteiger partial charge in [0.1, 0.15) is 0 Å². The summed E-state index contributed by atoms with van der Waals surface area (Å²) in [6, 6.07) is 0. The summed E-state index contributed by atoms with van der Waals surface area (Å²) in [7, 11) is 0. The Hall–Kier alpha value is -0.850. The highest BCUT2D eigenvalue weighted by Gasteiger charge is 2.57. The zero-order valence-corrected chi connectivity index (χ0v) is 19.1. The average molecular weight is 383 g/mol. The molecule has 0 amide bonds. The largest absolute Gasteiger partial charge is 0.295 e. The quantitative estimate of drug-likeness (QED) is 0.456. The SMILES string of the molecule is CC(C)=CCC[C@@H](C)[C@H]1CC(=O)C2=C3CCC4CCCC[C@]4(C)[C@H]3CC[C@@]21C. The van der Waals surface area contributed by atoms with E-state index in [4.69, 9.17) is 0 Å². The summed E-state index contributed by atoms with van der Waals surface area (Å²) in [5.74, 6) is 3.35. The first-order valence-electron chi connectivity index (χ1n) is 12.2. The van der Waals surface area contributed by atoms with Crippen molar-refractivity contribution in [3.05, 3.63) is 22.8 Å². The molecule has 0 heterocycles. The van der Waals surface area contributed by atoms with E-state index in [0.717, 1.165) is 12.3 Å². The molecule has 0 bridgehead atoms. The minimum Gasteiger partial charge on any atom is -0.295 e. The first kappa shape index (κ1) is 20.4. The molecule has 156 valence electrons. The number of allylic oxidation sites excluding steroid dienone is 4. The molecule has 0 aromatic rings. The Balaban J connectivity index is 1.62. The van der Waals surface area contributed by atoms with Gasteiger partial charge in [-0.3, -0.25) is 4.79 Å². The third kappa shape index (κ3) is 3.16. The van der Waals surface area contributed by atoms with Gasteiger partial charge in [-0.2, -0.15) is 0 Å². The topological polar surface area (TPSA) is 17.1 Å². The van der Waals surface area contributed by atoms with Crippen LogP contribution in [0, 0.1) is 34.5 Å². The van der Waals surface area contributed by atoms with E-state index in [1.165, 1.54) is 75.4 Å². The molecule has 0 radical (unpaired) electrons. The van der Waals surface area contributed by atoms with E-state index in [0.29, 0.717) is 29.0 Å². The summed E-state index contributed by atoms with van der Waals surface area (Å²) in [5, 5.41) is 0. The Kier molecular flexibility index (Phi) is 5.43. The Bertz CT molecular complexity index is 693. The van der Waals surface area contributed by atoms with E-state index < -0.39 is 0 Å². The van der Waals surface area contributed by atoms with Crippen LogP contribution in [0.1, 0.15) is 105 Å².